The molecule has 1 amide bonds. The third kappa shape index (κ3) is 7.73. The first-order valence-electron chi connectivity index (χ1n) is 10.1. The molecule has 2 aromatic carbocycles. The van der Waals surface area contributed by atoms with Crippen molar-refractivity contribution in [2.75, 3.05) is 18.5 Å². The Morgan fingerprint density at radius 2 is 2.05 bits per heavy atom. The second-order valence-electron chi connectivity index (χ2n) is 7.16. The summed E-state index contributed by atoms with van der Waals surface area (Å²) in [6, 6.07) is 6.01. The topological polar surface area (TPSA) is 111 Å². The van der Waals surface area contributed by atoms with Crippen LogP contribution in [0.2, 0.25) is 10.0 Å². The van der Waals surface area contributed by atoms with Gasteiger partial charge in [0.1, 0.15) is 18.2 Å². The van der Waals surface area contributed by atoms with E-state index in [9.17, 15) is 22.4 Å². The average Bonchev–Trinajstić information content (AvgIpc) is 3.21. The van der Waals surface area contributed by atoms with Gasteiger partial charge in [0.15, 0.2) is 0 Å². The Kier molecular flexibility index (Phi) is 8.80. The van der Waals surface area contributed by atoms with Crippen LogP contribution in [0.4, 0.5) is 28.0 Å². The number of alkyl halides is 3. The molecule has 1 aliphatic heterocycles. The number of benzene rings is 2. The summed E-state index contributed by atoms with van der Waals surface area (Å²) in [5.41, 5.74) is 0.497. The molecular weight excluding hydrogens is 543 g/mol. The minimum absolute atomic E-state index is 0.0634. The molecule has 0 radical (unpaired) electrons. The van der Waals surface area contributed by atoms with E-state index >= 15 is 0 Å². The van der Waals surface area contributed by atoms with Crippen LogP contribution in [-0.2, 0) is 4.74 Å². The van der Waals surface area contributed by atoms with E-state index in [1.807, 2.05) is 0 Å². The van der Waals surface area contributed by atoms with Gasteiger partial charge in [-0.2, -0.15) is 10.4 Å². The lowest BCUT2D eigenvalue weighted by atomic mass is 10.0. The lowest BCUT2D eigenvalue weighted by Gasteiger charge is -2.19. The SMILES string of the molecule is C=CCOC(=O)NC1CN(/C(=N\C#N)Nc2cc(F)cc(OC(F)(F)F)c2)N=C1c1ccc(Cl)c(Cl)c1. The number of nitrogens with one attached hydrogen (secondary N) is 2. The molecular formula is C22H16Cl2F4N6O3. The van der Waals surface area contributed by atoms with Crippen LogP contribution in [0.15, 0.2) is 59.1 Å². The monoisotopic (exact) mass is 558 g/mol. The van der Waals surface area contributed by atoms with Crippen molar-refractivity contribution in [2.24, 2.45) is 10.1 Å². The Morgan fingerprint density at radius 1 is 1.30 bits per heavy atom. The summed E-state index contributed by atoms with van der Waals surface area (Å²) in [7, 11) is 0. The molecule has 0 spiro atoms. The number of hydrogen-bond acceptors (Lipinski definition) is 6. The van der Waals surface area contributed by atoms with Gasteiger partial charge in [0.05, 0.1) is 28.3 Å². The maximum Gasteiger partial charge on any atom is 0.573 e. The normalized spacial score (nSPS) is 15.5. The zero-order valence-electron chi connectivity index (χ0n) is 18.5. The van der Waals surface area contributed by atoms with Crippen LogP contribution in [0.5, 0.6) is 5.75 Å². The second kappa shape index (κ2) is 11.8. The smallest absolute Gasteiger partial charge is 0.445 e. The number of carbonyl (C=O) groups excluding carboxylic acids is 1. The van der Waals surface area contributed by atoms with Crippen molar-refractivity contribution in [3.05, 3.63) is 70.5 Å². The van der Waals surface area contributed by atoms with Crippen molar-refractivity contribution in [1.29, 1.82) is 5.26 Å². The zero-order valence-corrected chi connectivity index (χ0v) is 20.0. The molecule has 1 unspecified atom stereocenters. The molecule has 0 saturated carbocycles. The van der Waals surface area contributed by atoms with E-state index in [1.165, 1.54) is 24.4 Å². The summed E-state index contributed by atoms with van der Waals surface area (Å²) in [4.78, 5) is 15.8. The second-order valence-corrected chi connectivity index (χ2v) is 7.98. The minimum atomic E-state index is -5.05. The zero-order chi connectivity index (χ0) is 27.2. The highest BCUT2D eigenvalue weighted by Crippen LogP contribution is 2.28. The molecule has 2 aromatic rings. The molecule has 0 saturated heterocycles. The van der Waals surface area contributed by atoms with Crippen LogP contribution in [-0.4, -0.2) is 48.3 Å². The number of aliphatic imine (C=N–C) groups is 1. The summed E-state index contributed by atoms with van der Waals surface area (Å²) >= 11 is 12.1. The number of hydrogen-bond donors (Lipinski definition) is 2. The average molecular weight is 559 g/mol. The molecule has 1 atom stereocenters. The van der Waals surface area contributed by atoms with Gasteiger partial charge in [-0.15, -0.1) is 18.2 Å². The molecule has 0 bridgehead atoms. The Hall–Kier alpha value is -4.02. The first-order chi connectivity index (χ1) is 17.5. The van der Waals surface area contributed by atoms with Crippen molar-refractivity contribution < 1.29 is 31.8 Å². The van der Waals surface area contributed by atoms with Crippen molar-refractivity contribution in [2.45, 2.75) is 12.4 Å². The summed E-state index contributed by atoms with van der Waals surface area (Å²) in [5, 5.41) is 20.3. The number of hydrazone groups is 1. The number of rotatable bonds is 6. The summed E-state index contributed by atoms with van der Waals surface area (Å²) in [6.45, 7) is 3.29. The van der Waals surface area contributed by atoms with Gasteiger partial charge in [0.2, 0.25) is 12.2 Å². The molecule has 37 heavy (non-hydrogen) atoms. The van der Waals surface area contributed by atoms with Crippen molar-refractivity contribution in [3.8, 4) is 11.9 Å². The number of alkyl carbamates (subject to hydrolysis) is 1. The first kappa shape index (κ1) is 27.6. The highest BCUT2D eigenvalue weighted by Gasteiger charge is 2.33. The van der Waals surface area contributed by atoms with Gasteiger partial charge in [0.25, 0.3) is 0 Å². The highest BCUT2D eigenvalue weighted by molar-refractivity contribution is 6.42. The Balaban J connectivity index is 1.93. The van der Waals surface area contributed by atoms with Crippen molar-refractivity contribution >= 4 is 46.7 Å². The van der Waals surface area contributed by atoms with Gasteiger partial charge in [0, 0.05) is 23.4 Å². The van der Waals surface area contributed by atoms with E-state index in [0.29, 0.717) is 11.6 Å². The Labute approximate surface area is 217 Å². The van der Waals surface area contributed by atoms with Gasteiger partial charge in [-0.25, -0.2) is 14.2 Å². The number of guanidine groups is 1. The predicted molar refractivity (Wildman–Crippen MR) is 128 cm³/mol. The number of anilines is 1. The summed E-state index contributed by atoms with van der Waals surface area (Å²) < 4.78 is 60.4. The quantitative estimate of drug-likeness (QED) is 0.164. The summed E-state index contributed by atoms with van der Waals surface area (Å²) in [5.74, 6) is -2.17. The third-order valence-corrected chi connectivity index (χ3v) is 5.25. The van der Waals surface area contributed by atoms with Crippen LogP contribution in [0.25, 0.3) is 0 Å². The molecule has 9 nitrogen and oxygen atoms in total. The molecule has 0 aliphatic carbocycles. The van der Waals surface area contributed by atoms with Crippen LogP contribution in [0.1, 0.15) is 5.56 Å². The van der Waals surface area contributed by atoms with Gasteiger partial charge in [-0.1, -0.05) is 41.9 Å². The summed E-state index contributed by atoms with van der Waals surface area (Å²) in [6.07, 6.45) is -2.95. The first-order valence-corrected chi connectivity index (χ1v) is 10.9. The standard InChI is InChI=1S/C22H16Cl2F4N6O3/c1-2-5-36-21(35)32-18-10-34(33-19(18)12-3-4-16(23)17(24)6-12)20(30-11-29)31-14-7-13(25)8-15(9-14)37-22(26,27)28/h2-4,6-9,18H,1,5,10H2,(H,30,31)(H,32,35). The lowest BCUT2D eigenvalue weighted by Crippen LogP contribution is -2.44. The van der Waals surface area contributed by atoms with E-state index in [1.54, 1.807) is 6.07 Å². The number of halogens is 6. The number of nitrogens with zero attached hydrogens (tertiary/aromatic N) is 4. The fourth-order valence-electron chi connectivity index (χ4n) is 3.13. The minimum Gasteiger partial charge on any atom is -0.445 e. The van der Waals surface area contributed by atoms with Gasteiger partial charge in [-0.3, -0.25) is 0 Å². The molecule has 15 heteroatoms. The molecule has 3 rings (SSSR count). The van der Waals surface area contributed by atoms with E-state index in [0.717, 1.165) is 17.1 Å². The number of ether oxygens (including phenoxy) is 2. The fraction of sp³-hybridized carbons (Fsp3) is 0.182. The predicted octanol–water partition coefficient (Wildman–Crippen LogP) is 5.28. The molecule has 0 fully saturated rings. The molecule has 1 aliphatic rings. The third-order valence-electron chi connectivity index (χ3n) is 4.52. The van der Waals surface area contributed by atoms with Crippen LogP contribution >= 0.6 is 23.2 Å². The van der Waals surface area contributed by atoms with Crippen LogP contribution in [0.3, 0.4) is 0 Å². The van der Waals surface area contributed by atoms with E-state index in [2.05, 4.69) is 32.0 Å². The van der Waals surface area contributed by atoms with E-state index in [-0.39, 0.29) is 40.6 Å². The largest absolute Gasteiger partial charge is 0.573 e. The van der Waals surface area contributed by atoms with E-state index in [4.69, 9.17) is 33.2 Å². The number of nitriles is 1. The van der Waals surface area contributed by atoms with Crippen LogP contribution in [0, 0.1) is 17.3 Å². The molecule has 2 N–H and O–H groups in total. The number of carbonyl (C=O) groups is 1. The fourth-order valence-corrected chi connectivity index (χ4v) is 3.43. The van der Waals surface area contributed by atoms with Gasteiger partial charge < -0.3 is 20.1 Å². The maximum atomic E-state index is 14.0. The van der Waals surface area contributed by atoms with E-state index < -0.39 is 30.1 Å². The molecule has 1 heterocycles. The molecule has 0 aromatic heterocycles. The number of amides is 1. The van der Waals surface area contributed by atoms with Gasteiger partial charge >= 0.3 is 12.5 Å². The maximum absolute atomic E-state index is 14.0. The highest BCUT2D eigenvalue weighted by atomic mass is 35.5. The lowest BCUT2D eigenvalue weighted by molar-refractivity contribution is -0.274. The van der Waals surface area contributed by atoms with Gasteiger partial charge in [-0.05, 0) is 18.2 Å². The van der Waals surface area contributed by atoms with Crippen molar-refractivity contribution in [3.63, 3.8) is 0 Å². The van der Waals surface area contributed by atoms with Crippen molar-refractivity contribution in [1.82, 2.24) is 10.3 Å². The van der Waals surface area contributed by atoms with Crippen LogP contribution < -0.4 is 15.4 Å². The molecule has 194 valence electrons. The Morgan fingerprint density at radius 3 is 2.70 bits per heavy atom. The Bertz CT molecular complexity index is 1300.